The maximum atomic E-state index is 13.9. The molecular weight excluding hydrogens is 467 g/mol. The quantitative estimate of drug-likeness (QED) is 0.392. The summed E-state index contributed by atoms with van der Waals surface area (Å²) in [5, 5.41) is 7.46. The number of benzene rings is 3. The first-order valence-electron chi connectivity index (χ1n) is 10.9. The molecule has 0 saturated carbocycles. The number of hydrogen-bond donors (Lipinski definition) is 2. The molecule has 0 aliphatic heterocycles. The number of nitrogens with one attached hydrogen (secondary N) is 2. The van der Waals surface area contributed by atoms with Crippen molar-refractivity contribution in [1.82, 2.24) is 15.1 Å². The number of para-hydroxylation sites is 2. The zero-order chi connectivity index (χ0) is 25.2. The third-order valence-corrected chi connectivity index (χ3v) is 7.11. The van der Waals surface area contributed by atoms with Gasteiger partial charge >= 0.3 is 0 Å². The Hall–Kier alpha value is -3.98. The topological polar surface area (TPSA) is 93.1 Å². The van der Waals surface area contributed by atoms with Gasteiger partial charge in [-0.25, -0.2) is 17.5 Å². The summed E-state index contributed by atoms with van der Waals surface area (Å²) in [6.45, 7) is 5.76. The van der Waals surface area contributed by atoms with Gasteiger partial charge in [-0.2, -0.15) is 5.10 Å². The van der Waals surface area contributed by atoms with Crippen molar-refractivity contribution in [3.8, 4) is 5.69 Å². The molecule has 0 saturated heterocycles. The number of sulfonamides is 1. The molecule has 0 radical (unpaired) electrons. The van der Waals surface area contributed by atoms with Crippen molar-refractivity contribution in [3.63, 3.8) is 0 Å². The molecule has 180 valence electrons. The van der Waals surface area contributed by atoms with Crippen molar-refractivity contribution in [2.45, 2.75) is 32.2 Å². The lowest BCUT2D eigenvalue weighted by Crippen LogP contribution is -2.25. The Balaban J connectivity index is 1.55. The molecule has 0 atom stereocenters. The molecule has 1 amide bonds. The van der Waals surface area contributed by atoms with Crippen molar-refractivity contribution in [3.05, 3.63) is 107 Å². The van der Waals surface area contributed by atoms with Crippen LogP contribution >= 0.6 is 0 Å². The minimum absolute atomic E-state index is 0.138. The highest BCUT2D eigenvalue weighted by atomic mass is 32.2. The third-order valence-electron chi connectivity index (χ3n) is 5.75. The van der Waals surface area contributed by atoms with E-state index in [1.54, 1.807) is 13.0 Å². The first kappa shape index (κ1) is 24.2. The van der Waals surface area contributed by atoms with Gasteiger partial charge in [0, 0.05) is 23.4 Å². The van der Waals surface area contributed by atoms with Gasteiger partial charge in [-0.05, 0) is 62.7 Å². The van der Waals surface area contributed by atoms with Crippen LogP contribution in [0.4, 0.5) is 10.1 Å². The highest BCUT2D eigenvalue weighted by molar-refractivity contribution is 7.92. The molecular formula is C26H25FN4O3S. The molecule has 1 aromatic heterocycles. The van der Waals surface area contributed by atoms with Crippen LogP contribution in [-0.4, -0.2) is 24.1 Å². The molecule has 9 heteroatoms. The van der Waals surface area contributed by atoms with E-state index in [9.17, 15) is 17.6 Å². The van der Waals surface area contributed by atoms with E-state index in [0.29, 0.717) is 5.56 Å². The van der Waals surface area contributed by atoms with E-state index < -0.39 is 21.7 Å². The van der Waals surface area contributed by atoms with Gasteiger partial charge in [-0.3, -0.25) is 9.52 Å². The predicted octanol–water partition coefficient (Wildman–Crippen LogP) is 4.67. The largest absolute Gasteiger partial charge is 0.348 e. The molecule has 0 unspecified atom stereocenters. The first-order valence-corrected chi connectivity index (χ1v) is 12.4. The monoisotopic (exact) mass is 492 g/mol. The Kier molecular flexibility index (Phi) is 6.70. The average Bonchev–Trinajstić information content (AvgIpc) is 3.12. The first-order chi connectivity index (χ1) is 16.7. The number of anilines is 1. The van der Waals surface area contributed by atoms with Gasteiger partial charge in [0.2, 0.25) is 0 Å². The second-order valence-corrected chi connectivity index (χ2v) is 9.82. The van der Waals surface area contributed by atoms with E-state index in [1.807, 2.05) is 48.9 Å². The molecule has 1 heterocycles. The Labute approximate surface area is 203 Å². The SMILES string of the molecule is Cc1ccc(S(=O)(=O)Nc2ccccc2F)cc1C(=O)NCc1c(C)nn(-c2ccccc2)c1C. The molecule has 35 heavy (non-hydrogen) atoms. The van der Waals surface area contributed by atoms with Crippen LogP contribution in [0.2, 0.25) is 0 Å². The van der Waals surface area contributed by atoms with Crippen molar-refractivity contribution in [2.75, 3.05) is 4.72 Å². The fourth-order valence-corrected chi connectivity index (χ4v) is 4.87. The van der Waals surface area contributed by atoms with Crippen molar-refractivity contribution in [2.24, 2.45) is 0 Å². The maximum Gasteiger partial charge on any atom is 0.262 e. The van der Waals surface area contributed by atoms with Crippen LogP contribution in [0.25, 0.3) is 5.69 Å². The summed E-state index contributed by atoms with van der Waals surface area (Å²) in [4.78, 5) is 12.9. The van der Waals surface area contributed by atoms with Gasteiger partial charge in [-0.15, -0.1) is 0 Å². The number of hydrogen-bond acceptors (Lipinski definition) is 4. The van der Waals surface area contributed by atoms with E-state index in [0.717, 1.165) is 28.7 Å². The number of rotatable bonds is 7. The van der Waals surface area contributed by atoms with Gasteiger partial charge in [0.05, 0.1) is 22.0 Å². The van der Waals surface area contributed by atoms with Gasteiger partial charge in [0.15, 0.2) is 0 Å². The van der Waals surface area contributed by atoms with Crippen LogP contribution in [0.3, 0.4) is 0 Å². The highest BCUT2D eigenvalue weighted by Crippen LogP contribution is 2.22. The summed E-state index contributed by atoms with van der Waals surface area (Å²) < 4.78 is 43.7. The fraction of sp³-hybridized carbons (Fsp3) is 0.154. The highest BCUT2D eigenvalue weighted by Gasteiger charge is 2.20. The van der Waals surface area contributed by atoms with Crippen molar-refractivity contribution in [1.29, 1.82) is 0 Å². The van der Waals surface area contributed by atoms with E-state index in [-0.39, 0.29) is 22.7 Å². The summed E-state index contributed by atoms with van der Waals surface area (Å²) in [7, 11) is -4.10. The third kappa shape index (κ3) is 5.09. The van der Waals surface area contributed by atoms with Crippen LogP contribution in [-0.2, 0) is 16.6 Å². The van der Waals surface area contributed by atoms with Crippen molar-refractivity contribution >= 4 is 21.6 Å². The molecule has 0 aliphatic carbocycles. The molecule has 0 aliphatic rings. The predicted molar refractivity (Wildman–Crippen MR) is 133 cm³/mol. The number of nitrogens with zero attached hydrogens (tertiary/aromatic N) is 2. The number of halogens is 1. The lowest BCUT2D eigenvalue weighted by atomic mass is 10.1. The van der Waals surface area contributed by atoms with Gasteiger partial charge in [0.25, 0.3) is 15.9 Å². The molecule has 2 N–H and O–H groups in total. The minimum Gasteiger partial charge on any atom is -0.348 e. The van der Waals surface area contributed by atoms with E-state index >= 15 is 0 Å². The Morgan fingerprint density at radius 3 is 2.37 bits per heavy atom. The fourth-order valence-electron chi connectivity index (χ4n) is 3.78. The van der Waals surface area contributed by atoms with E-state index in [4.69, 9.17) is 0 Å². The molecule has 0 bridgehead atoms. The normalized spacial score (nSPS) is 11.3. The van der Waals surface area contributed by atoms with Gasteiger partial charge in [-0.1, -0.05) is 36.4 Å². The average molecular weight is 493 g/mol. The summed E-state index contributed by atoms with van der Waals surface area (Å²) >= 11 is 0. The second-order valence-electron chi connectivity index (χ2n) is 8.14. The molecule has 4 aromatic rings. The maximum absolute atomic E-state index is 13.9. The van der Waals surface area contributed by atoms with Gasteiger partial charge in [0.1, 0.15) is 5.82 Å². The molecule has 4 rings (SSSR count). The van der Waals surface area contributed by atoms with Crippen molar-refractivity contribution < 1.29 is 17.6 Å². The number of aryl methyl sites for hydroxylation is 2. The Morgan fingerprint density at radius 2 is 1.66 bits per heavy atom. The lowest BCUT2D eigenvalue weighted by molar-refractivity contribution is 0.0950. The molecule has 0 spiro atoms. The molecule has 0 fully saturated rings. The number of carbonyl (C=O) groups is 1. The lowest BCUT2D eigenvalue weighted by Gasteiger charge is -2.12. The zero-order valence-corrected chi connectivity index (χ0v) is 20.4. The van der Waals surface area contributed by atoms with Crippen LogP contribution in [0.5, 0.6) is 0 Å². The van der Waals surface area contributed by atoms with Crippen LogP contribution in [0.15, 0.2) is 77.7 Å². The smallest absolute Gasteiger partial charge is 0.262 e. The summed E-state index contributed by atoms with van der Waals surface area (Å²) in [5.41, 5.74) is 4.14. The molecule has 3 aromatic carbocycles. The van der Waals surface area contributed by atoms with Gasteiger partial charge < -0.3 is 5.32 Å². The molecule has 7 nitrogen and oxygen atoms in total. The zero-order valence-electron chi connectivity index (χ0n) is 19.5. The van der Waals surface area contributed by atoms with E-state index in [2.05, 4.69) is 15.1 Å². The summed E-state index contributed by atoms with van der Waals surface area (Å²) in [6.07, 6.45) is 0. The summed E-state index contributed by atoms with van der Waals surface area (Å²) in [6, 6.07) is 19.4. The Morgan fingerprint density at radius 1 is 0.971 bits per heavy atom. The number of amides is 1. The van der Waals surface area contributed by atoms with Crippen LogP contribution in [0.1, 0.15) is 32.9 Å². The van der Waals surface area contributed by atoms with E-state index in [1.165, 1.54) is 30.3 Å². The number of carbonyl (C=O) groups excluding carboxylic acids is 1. The Bertz CT molecular complexity index is 1500. The second kappa shape index (κ2) is 9.71. The number of aromatic nitrogens is 2. The summed E-state index contributed by atoms with van der Waals surface area (Å²) in [5.74, 6) is -1.11. The standard InChI is InChI=1S/C26H25FN4O3S/c1-17-13-14-21(35(33,34)30-25-12-8-7-11-24(25)27)15-22(17)26(32)28-16-23-18(2)29-31(19(23)3)20-9-5-4-6-10-20/h4-15,30H,16H2,1-3H3,(H,28,32). The van der Waals surface area contributed by atoms with Crippen LogP contribution < -0.4 is 10.0 Å². The minimum atomic E-state index is -4.10. The van der Waals surface area contributed by atoms with Crippen LogP contribution in [0, 0.1) is 26.6 Å².